The van der Waals surface area contributed by atoms with E-state index in [0.29, 0.717) is 0 Å². The molecule has 8 aromatic rings. The molecule has 7 aromatic carbocycles. The summed E-state index contributed by atoms with van der Waals surface area (Å²) in [5.41, 5.74) is 6.48. The molecule has 0 saturated heterocycles. The second-order valence-corrected chi connectivity index (χ2v) is 17.6. The lowest BCUT2D eigenvalue weighted by Crippen LogP contribution is -2.49. The van der Waals surface area contributed by atoms with E-state index in [1.165, 1.54) is 75.1 Å². The molecule has 0 radical (unpaired) electrons. The van der Waals surface area contributed by atoms with Crippen molar-refractivity contribution < 1.29 is 0 Å². The largest absolute Gasteiger partial charge is 0.310 e. The zero-order valence-corrected chi connectivity index (χ0v) is 26.0. The van der Waals surface area contributed by atoms with Crippen LogP contribution in [-0.2, 0) is 0 Å². The molecule has 9 rings (SSSR count). The maximum absolute atomic E-state index is 2.53. The third-order valence-electron chi connectivity index (χ3n) is 9.42. The van der Waals surface area contributed by atoms with E-state index in [4.69, 9.17) is 0 Å². The molecule has 3 heteroatoms. The average molecular weight is 584 g/mol. The topological polar surface area (TPSA) is 3.24 Å². The average Bonchev–Trinajstić information content (AvgIpc) is 3.54. The van der Waals surface area contributed by atoms with Gasteiger partial charge in [0.05, 0.1) is 5.69 Å². The van der Waals surface area contributed by atoms with Crippen molar-refractivity contribution in [3.63, 3.8) is 0 Å². The first-order chi connectivity index (χ1) is 21.1. The molecular weight excluding hydrogens is 555 g/mol. The Balaban J connectivity index is 1.32. The number of fused-ring (bicyclic) bond motifs is 10. The summed E-state index contributed by atoms with van der Waals surface area (Å²) in [6, 6.07) is 51.8. The Morgan fingerprint density at radius 2 is 1.21 bits per heavy atom. The summed E-state index contributed by atoms with van der Waals surface area (Å²) in [4.78, 5) is 2.47. The molecule has 0 amide bonds. The molecule has 0 N–H and O–H groups in total. The third-order valence-corrected chi connectivity index (χ3v) is 14.1. The Labute approximate surface area is 256 Å². The fourth-order valence-corrected chi connectivity index (χ4v) is 11.6. The van der Waals surface area contributed by atoms with Gasteiger partial charge in [0.1, 0.15) is 8.07 Å². The summed E-state index contributed by atoms with van der Waals surface area (Å²) in [5.74, 6) is 0. The molecule has 0 aliphatic carbocycles. The summed E-state index contributed by atoms with van der Waals surface area (Å²) in [7, 11) is -1.96. The first-order valence-electron chi connectivity index (χ1n) is 14.9. The zero-order valence-electron chi connectivity index (χ0n) is 24.1. The molecule has 0 spiro atoms. The molecule has 1 aliphatic heterocycles. The highest BCUT2D eigenvalue weighted by molar-refractivity contribution is 7.26. The van der Waals surface area contributed by atoms with Gasteiger partial charge < -0.3 is 4.90 Å². The van der Waals surface area contributed by atoms with Gasteiger partial charge in [-0.2, -0.15) is 0 Å². The smallest absolute Gasteiger partial charge is 0.113 e. The summed E-state index contributed by atoms with van der Waals surface area (Å²) < 4.78 is 2.75. The molecule has 43 heavy (non-hydrogen) atoms. The van der Waals surface area contributed by atoms with Crippen LogP contribution < -0.4 is 15.3 Å². The standard InChI is InChI=1S/C40H29NSSi/c1-43(2)37-23-22-36-39(32-18-10-11-19-35(32)42-36)40(37)33-21-20-28(25-38(33)43)41(27-13-4-3-5-14-27)34-24-26-12-6-7-15-29(26)30-16-8-9-17-31(30)34/h3-25H,1-2H3. The maximum atomic E-state index is 2.53. The van der Waals surface area contributed by atoms with E-state index in [2.05, 4.69) is 158 Å². The predicted octanol–water partition coefficient (Wildman–Crippen LogP) is 10.6. The van der Waals surface area contributed by atoms with Crippen molar-refractivity contribution in [1.82, 2.24) is 0 Å². The van der Waals surface area contributed by atoms with Crippen molar-refractivity contribution in [3.8, 4) is 11.1 Å². The maximum Gasteiger partial charge on any atom is 0.113 e. The van der Waals surface area contributed by atoms with Crippen molar-refractivity contribution in [2.24, 2.45) is 0 Å². The minimum atomic E-state index is -1.96. The highest BCUT2D eigenvalue weighted by Gasteiger charge is 2.39. The first kappa shape index (κ1) is 24.9. The van der Waals surface area contributed by atoms with Crippen LogP contribution in [0.2, 0.25) is 13.1 Å². The number of anilines is 3. The Kier molecular flexibility index (Phi) is 5.29. The van der Waals surface area contributed by atoms with Crippen LogP contribution in [-0.4, -0.2) is 8.07 Å². The third kappa shape index (κ3) is 3.56. The van der Waals surface area contributed by atoms with Crippen LogP contribution in [0.25, 0.3) is 52.8 Å². The summed E-state index contributed by atoms with van der Waals surface area (Å²) >= 11 is 1.91. The molecule has 2 heterocycles. The Hall–Kier alpha value is -4.70. The Morgan fingerprint density at radius 1 is 0.512 bits per heavy atom. The van der Waals surface area contributed by atoms with Gasteiger partial charge in [-0.05, 0) is 80.1 Å². The Bertz CT molecular complexity index is 2380. The minimum Gasteiger partial charge on any atom is -0.310 e. The summed E-state index contributed by atoms with van der Waals surface area (Å²) in [6.07, 6.45) is 0. The van der Waals surface area contributed by atoms with Crippen molar-refractivity contribution in [1.29, 1.82) is 0 Å². The van der Waals surface area contributed by atoms with Gasteiger partial charge in [0.2, 0.25) is 0 Å². The molecule has 0 saturated carbocycles. The molecule has 0 bridgehead atoms. The minimum absolute atomic E-state index is 1.17. The number of thiophene rings is 1. The summed E-state index contributed by atoms with van der Waals surface area (Å²) in [6.45, 7) is 5.06. The lowest BCUT2D eigenvalue weighted by atomic mass is 9.98. The highest BCUT2D eigenvalue weighted by Crippen LogP contribution is 2.45. The SMILES string of the molecule is C[Si]1(C)c2cc(N(c3ccccc3)c3cc4ccccc4c4ccccc34)ccc2-c2c1ccc1sc3ccccc3c21. The number of rotatable bonds is 3. The van der Waals surface area contributed by atoms with Crippen molar-refractivity contribution in [2.45, 2.75) is 13.1 Å². The van der Waals surface area contributed by atoms with Crippen molar-refractivity contribution >= 4 is 88.6 Å². The molecule has 0 atom stereocenters. The van der Waals surface area contributed by atoms with Crippen LogP contribution in [0, 0.1) is 0 Å². The van der Waals surface area contributed by atoms with E-state index in [0.717, 1.165) is 0 Å². The van der Waals surface area contributed by atoms with Gasteiger partial charge in [0.15, 0.2) is 0 Å². The first-order valence-corrected chi connectivity index (χ1v) is 18.8. The van der Waals surface area contributed by atoms with Gasteiger partial charge in [0.25, 0.3) is 0 Å². The molecule has 0 fully saturated rings. The van der Waals surface area contributed by atoms with Gasteiger partial charge in [-0.15, -0.1) is 11.3 Å². The number of hydrogen-bond donors (Lipinski definition) is 0. The molecule has 1 nitrogen and oxygen atoms in total. The fraction of sp³-hybridized carbons (Fsp3) is 0.0500. The van der Waals surface area contributed by atoms with E-state index in [-0.39, 0.29) is 0 Å². The molecule has 204 valence electrons. The van der Waals surface area contributed by atoms with Gasteiger partial charge >= 0.3 is 0 Å². The Morgan fingerprint density at radius 3 is 2.05 bits per heavy atom. The number of hydrogen-bond acceptors (Lipinski definition) is 2. The summed E-state index contributed by atoms with van der Waals surface area (Å²) in [5, 5.41) is 11.0. The molecule has 1 aliphatic rings. The lowest BCUT2D eigenvalue weighted by molar-refractivity contribution is 1.30. The van der Waals surface area contributed by atoms with Crippen LogP contribution in [0.5, 0.6) is 0 Å². The van der Waals surface area contributed by atoms with Gasteiger partial charge in [-0.25, -0.2) is 0 Å². The fourth-order valence-electron chi connectivity index (χ4n) is 7.39. The zero-order chi connectivity index (χ0) is 28.7. The van der Waals surface area contributed by atoms with Crippen LogP contribution in [0.4, 0.5) is 17.1 Å². The number of para-hydroxylation sites is 1. The van der Waals surface area contributed by atoms with Gasteiger partial charge in [0, 0.05) is 36.9 Å². The van der Waals surface area contributed by atoms with E-state index in [1.807, 2.05) is 11.3 Å². The van der Waals surface area contributed by atoms with E-state index < -0.39 is 8.07 Å². The monoisotopic (exact) mass is 583 g/mol. The quantitative estimate of drug-likeness (QED) is 0.148. The number of nitrogens with zero attached hydrogens (tertiary/aromatic N) is 1. The number of benzene rings is 7. The molecular formula is C40H29NSSi. The van der Waals surface area contributed by atoms with E-state index in [1.54, 1.807) is 5.19 Å². The van der Waals surface area contributed by atoms with Crippen LogP contribution in [0.3, 0.4) is 0 Å². The van der Waals surface area contributed by atoms with Crippen LogP contribution in [0.15, 0.2) is 140 Å². The van der Waals surface area contributed by atoms with Crippen molar-refractivity contribution in [2.75, 3.05) is 4.90 Å². The second-order valence-electron chi connectivity index (χ2n) is 12.1. The predicted molar refractivity (Wildman–Crippen MR) is 191 cm³/mol. The highest BCUT2D eigenvalue weighted by atomic mass is 32.1. The normalized spacial score (nSPS) is 13.5. The van der Waals surface area contributed by atoms with Crippen LogP contribution in [0.1, 0.15) is 0 Å². The molecule has 0 unspecified atom stereocenters. The second kappa shape index (κ2) is 9.15. The van der Waals surface area contributed by atoms with E-state index >= 15 is 0 Å². The van der Waals surface area contributed by atoms with Gasteiger partial charge in [-0.3, -0.25) is 0 Å². The van der Waals surface area contributed by atoms with Crippen LogP contribution >= 0.6 is 11.3 Å². The molecule has 1 aromatic heterocycles. The van der Waals surface area contributed by atoms with E-state index in [9.17, 15) is 0 Å². The van der Waals surface area contributed by atoms with Gasteiger partial charge in [-0.1, -0.05) is 110 Å². The lowest BCUT2D eigenvalue weighted by Gasteiger charge is -2.29. The van der Waals surface area contributed by atoms with Crippen molar-refractivity contribution in [3.05, 3.63) is 140 Å².